The Balaban J connectivity index is 3.95. The van der Waals surface area contributed by atoms with Crippen molar-refractivity contribution in [1.82, 2.24) is 5.32 Å². The summed E-state index contributed by atoms with van der Waals surface area (Å²) in [5, 5.41) is 22.1. The number of aliphatic hydroxyl groups excluding tert-OH is 2. The van der Waals surface area contributed by atoms with E-state index in [1.165, 1.54) is 12.2 Å². The van der Waals surface area contributed by atoms with Crippen molar-refractivity contribution in [3.05, 3.63) is 108 Å². The quantitative estimate of drug-likeness (QED) is 0.335. The first-order valence-electron chi connectivity index (χ1n) is 8.54. The number of hydrogen-bond donors (Lipinski definition) is 3. The molecule has 0 aromatic rings. The van der Waals surface area contributed by atoms with Crippen LogP contribution in [0.1, 0.15) is 20.8 Å². The molecule has 0 spiro atoms. The highest BCUT2D eigenvalue weighted by molar-refractivity contribution is 6.05. The Labute approximate surface area is 161 Å². The van der Waals surface area contributed by atoms with Gasteiger partial charge in [0.1, 0.15) is 11.3 Å². The second-order valence-electron chi connectivity index (χ2n) is 5.93. The van der Waals surface area contributed by atoms with Crippen molar-refractivity contribution >= 4 is 5.91 Å². The molecule has 4 nitrogen and oxygen atoms in total. The fourth-order valence-electron chi connectivity index (χ4n) is 3.05. The van der Waals surface area contributed by atoms with Crippen LogP contribution in [0.15, 0.2) is 108 Å². The first-order valence-corrected chi connectivity index (χ1v) is 8.54. The van der Waals surface area contributed by atoms with E-state index in [2.05, 4.69) is 25.1 Å². The van der Waals surface area contributed by atoms with Gasteiger partial charge in [0.25, 0.3) is 5.91 Å². The fourth-order valence-corrected chi connectivity index (χ4v) is 3.05. The van der Waals surface area contributed by atoms with Gasteiger partial charge in [0, 0.05) is 5.57 Å². The van der Waals surface area contributed by atoms with Crippen molar-refractivity contribution < 1.29 is 15.0 Å². The standard InChI is InChI=1S/C23H27NO3/c1-7-11-21-20(10-4)22(27)24-23(21,18(8-2)14-12-16(5)25)19(9-3)15-13-17(6)26/h7-15,25-26H,1-2,6H2,3-5H3,(H,24,27)/b15-13-,16-12+,18-14+,19-9+,20-10+,21-11+. The molecule has 1 aliphatic rings. The maximum atomic E-state index is 12.7. The maximum Gasteiger partial charge on any atom is 0.252 e. The summed E-state index contributed by atoms with van der Waals surface area (Å²) in [5.41, 5.74) is 1.51. The summed E-state index contributed by atoms with van der Waals surface area (Å²) in [6.07, 6.45) is 15.0. The molecule has 1 unspecified atom stereocenters. The summed E-state index contributed by atoms with van der Waals surface area (Å²) < 4.78 is 0. The van der Waals surface area contributed by atoms with E-state index in [4.69, 9.17) is 0 Å². The van der Waals surface area contributed by atoms with E-state index >= 15 is 0 Å². The lowest BCUT2D eigenvalue weighted by Crippen LogP contribution is -2.45. The molecule has 1 fully saturated rings. The summed E-state index contributed by atoms with van der Waals surface area (Å²) in [4.78, 5) is 12.7. The van der Waals surface area contributed by atoms with Crippen molar-refractivity contribution in [3.63, 3.8) is 0 Å². The Morgan fingerprint density at radius 3 is 2.22 bits per heavy atom. The van der Waals surface area contributed by atoms with Crippen LogP contribution in [0.4, 0.5) is 0 Å². The number of carbonyl (C=O) groups excluding carboxylic acids is 1. The predicted molar refractivity (Wildman–Crippen MR) is 112 cm³/mol. The Bertz CT molecular complexity index is 828. The minimum Gasteiger partial charge on any atom is -0.513 e. The van der Waals surface area contributed by atoms with Crippen LogP contribution in [-0.4, -0.2) is 21.7 Å². The van der Waals surface area contributed by atoms with Gasteiger partial charge in [-0.05, 0) is 49.6 Å². The number of carbonyl (C=O) groups is 1. The number of amides is 1. The molecule has 0 aliphatic carbocycles. The molecule has 1 saturated heterocycles. The molecule has 142 valence electrons. The van der Waals surface area contributed by atoms with Gasteiger partial charge in [-0.15, -0.1) is 0 Å². The monoisotopic (exact) mass is 365 g/mol. The molecule has 4 heteroatoms. The molecule has 1 aliphatic heterocycles. The first-order chi connectivity index (χ1) is 12.8. The average Bonchev–Trinajstić information content (AvgIpc) is 2.88. The van der Waals surface area contributed by atoms with Gasteiger partial charge in [-0.3, -0.25) is 4.79 Å². The molecule has 3 N–H and O–H groups in total. The zero-order chi connectivity index (χ0) is 20.6. The molecule has 0 saturated carbocycles. The summed E-state index contributed by atoms with van der Waals surface area (Å²) in [6, 6.07) is 0. The van der Waals surface area contributed by atoms with Crippen molar-refractivity contribution in [2.24, 2.45) is 0 Å². The van der Waals surface area contributed by atoms with Gasteiger partial charge in [-0.1, -0.05) is 62.3 Å². The highest BCUT2D eigenvalue weighted by Crippen LogP contribution is 2.43. The number of hydrogen-bond acceptors (Lipinski definition) is 3. The van der Waals surface area contributed by atoms with Crippen molar-refractivity contribution in [2.45, 2.75) is 26.3 Å². The molecule has 1 heterocycles. The SMILES string of the molecule is C=C/C=C1\C(=C/C)C(=O)NC1(/C(C=C)=C/C=C(\C)O)C(/C=C\C(=C)O)=C/C. The highest BCUT2D eigenvalue weighted by Gasteiger charge is 2.48. The van der Waals surface area contributed by atoms with E-state index in [0.717, 1.165) is 0 Å². The van der Waals surface area contributed by atoms with Crippen molar-refractivity contribution in [2.75, 3.05) is 0 Å². The van der Waals surface area contributed by atoms with E-state index in [-0.39, 0.29) is 17.4 Å². The number of allylic oxidation sites excluding steroid dienone is 8. The summed E-state index contributed by atoms with van der Waals surface area (Å²) in [5.74, 6) is -0.223. The van der Waals surface area contributed by atoms with Crippen molar-refractivity contribution in [1.29, 1.82) is 0 Å². The normalized spacial score (nSPS) is 24.6. The lowest BCUT2D eigenvalue weighted by Gasteiger charge is -2.34. The molecule has 0 aromatic carbocycles. The lowest BCUT2D eigenvalue weighted by molar-refractivity contribution is -0.116. The van der Waals surface area contributed by atoms with Gasteiger partial charge in [0.05, 0.1) is 5.76 Å². The summed E-state index contributed by atoms with van der Waals surface area (Å²) in [6.45, 7) is 16.3. The summed E-state index contributed by atoms with van der Waals surface area (Å²) in [7, 11) is 0. The molecular formula is C23H27NO3. The highest BCUT2D eigenvalue weighted by atomic mass is 16.3. The van der Waals surface area contributed by atoms with Crippen LogP contribution in [0, 0.1) is 0 Å². The maximum absolute atomic E-state index is 12.7. The Morgan fingerprint density at radius 1 is 1.11 bits per heavy atom. The molecule has 0 bridgehead atoms. The number of rotatable bonds is 7. The van der Waals surface area contributed by atoms with Crippen LogP contribution < -0.4 is 5.32 Å². The molecular weight excluding hydrogens is 338 g/mol. The molecule has 1 amide bonds. The zero-order valence-corrected chi connectivity index (χ0v) is 16.1. The van der Waals surface area contributed by atoms with E-state index in [1.54, 1.807) is 50.3 Å². The number of aliphatic hydroxyl groups is 2. The van der Waals surface area contributed by atoms with Crippen LogP contribution in [0.5, 0.6) is 0 Å². The van der Waals surface area contributed by atoms with E-state index < -0.39 is 5.54 Å². The van der Waals surface area contributed by atoms with Gasteiger partial charge in [0.2, 0.25) is 0 Å². The minimum absolute atomic E-state index is 0.107. The van der Waals surface area contributed by atoms with Gasteiger partial charge < -0.3 is 15.5 Å². The molecule has 1 atom stereocenters. The van der Waals surface area contributed by atoms with Crippen LogP contribution in [-0.2, 0) is 4.79 Å². The first kappa shape index (κ1) is 21.8. The van der Waals surface area contributed by atoms with E-state index in [9.17, 15) is 15.0 Å². The molecule has 27 heavy (non-hydrogen) atoms. The van der Waals surface area contributed by atoms with Crippen molar-refractivity contribution in [3.8, 4) is 0 Å². The van der Waals surface area contributed by atoms with Crippen LogP contribution in [0.25, 0.3) is 0 Å². The third kappa shape index (κ3) is 4.47. The smallest absolute Gasteiger partial charge is 0.252 e. The average molecular weight is 365 g/mol. The van der Waals surface area contributed by atoms with Crippen LogP contribution >= 0.6 is 0 Å². The number of nitrogens with one attached hydrogen (secondary N) is 1. The van der Waals surface area contributed by atoms with Crippen LogP contribution in [0.3, 0.4) is 0 Å². The minimum atomic E-state index is -1.05. The fraction of sp³-hybridized carbons (Fsp3) is 0.174. The molecule has 1 rings (SSSR count). The third-order valence-electron chi connectivity index (χ3n) is 4.17. The Kier molecular flexibility index (Phi) is 7.61. The van der Waals surface area contributed by atoms with Crippen LogP contribution in [0.2, 0.25) is 0 Å². The van der Waals surface area contributed by atoms with E-state index in [1.807, 2.05) is 13.0 Å². The predicted octanol–water partition coefficient (Wildman–Crippen LogP) is 5.06. The summed E-state index contributed by atoms with van der Waals surface area (Å²) >= 11 is 0. The van der Waals surface area contributed by atoms with Gasteiger partial charge >= 0.3 is 0 Å². The van der Waals surface area contributed by atoms with Gasteiger partial charge in [-0.2, -0.15) is 0 Å². The largest absolute Gasteiger partial charge is 0.513 e. The van der Waals surface area contributed by atoms with Gasteiger partial charge in [-0.25, -0.2) is 0 Å². The lowest BCUT2D eigenvalue weighted by atomic mass is 9.75. The second kappa shape index (κ2) is 9.43. The Morgan fingerprint density at radius 2 is 1.78 bits per heavy atom. The van der Waals surface area contributed by atoms with E-state index in [0.29, 0.717) is 22.3 Å². The zero-order valence-electron chi connectivity index (χ0n) is 16.1. The third-order valence-corrected chi connectivity index (χ3v) is 4.17. The molecule has 0 aromatic heterocycles. The Hall–Kier alpha value is -3.27. The topological polar surface area (TPSA) is 69.6 Å². The van der Waals surface area contributed by atoms with Gasteiger partial charge in [0.15, 0.2) is 0 Å². The molecule has 0 radical (unpaired) electrons. The second-order valence-corrected chi connectivity index (χ2v) is 5.93.